The van der Waals surface area contributed by atoms with E-state index in [1.165, 1.54) is 0 Å². The van der Waals surface area contributed by atoms with E-state index in [9.17, 15) is 4.79 Å². The van der Waals surface area contributed by atoms with Gasteiger partial charge in [0.05, 0.1) is 19.4 Å². The van der Waals surface area contributed by atoms with E-state index in [4.69, 9.17) is 8.94 Å². The van der Waals surface area contributed by atoms with Crippen LogP contribution >= 0.6 is 0 Å². The summed E-state index contributed by atoms with van der Waals surface area (Å²) < 4.78 is 10.6. The molecule has 2 aliphatic heterocycles. The molecule has 4 rings (SSSR count). The Morgan fingerprint density at radius 2 is 1.84 bits per heavy atom. The summed E-state index contributed by atoms with van der Waals surface area (Å²) in [6.45, 7) is 6.58. The van der Waals surface area contributed by atoms with Gasteiger partial charge in [-0.05, 0) is 25.0 Å². The van der Waals surface area contributed by atoms with Crippen molar-refractivity contribution in [2.75, 3.05) is 45.8 Å². The van der Waals surface area contributed by atoms with Crippen molar-refractivity contribution in [3.8, 4) is 11.6 Å². The fourth-order valence-electron chi connectivity index (χ4n) is 3.38. The van der Waals surface area contributed by atoms with Crippen molar-refractivity contribution in [2.45, 2.75) is 19.4 Å². The third-order valence-corrected chi connectivity index (χ3v) is 4.85. The normalized spacial score (nSPS) is 19.6. The molecule has 8 heteroatoms. The highest BCUT2D eigenvalue weighted by Crippen LogP contribution is 2.17. The molecule has 0 aliphatic carbocycles. The Morgan fingerprint density at radius 3 is 2.56 bits per heavy atom. The second-order valence-corrected chi connectivity index (χ2v) is 6.63. The van der Waals surface area contributed by atoms with Crippen molar-refractivity contribution in [3.05, 3.63) is 24.3 Å². The topological polar surface area (TPSA) is 78.9 Å². The van der Waals surface area contributed by atoms with Crippen LogP contribution in [0.4, 0.5) is 0 Å². The third-order valence-electron chi connectivity index (χ3n) is 4.85. The third kappa shape index (κ3) is 3.91. The van der Waals surface area contributed by atoms with E-state index in [-0.39, 0.29) is 5.91 Å². The number of furan rings is 1. The summed E-state index contributed by atoms with van der Waals surface area (Å²) in [5.74, 6) is 1.95. The second kappa shape index (κ2) is 7.37. The van der Waals surface area contributed by atoms with Gasteiger partial charge < -0.3 is 13.8 Å². The van der Waals surface area contributed by atoms with Gasteiger partial charge in [0.1, 0.15) is 0 Å². The summed E-state index contributed by atoms with van der Waals surface area (Å²) in [4.78, 5) is 23.1. The highest BCUT2D eigenvalue weighted by molar-refractivity contribution is 5.78. The molecule has 0 bridgehead atoms. The fraction of sp³-hybridized carbons (Fsp3) is 0.588. The van der Waals surface area contributed by atoms with Crippen LogP contribution in [0.15, 0.2) is 27.3 Å². The van der Waals surface area contributed by atoms with Crippen LogP contribution in [-0.4, -0.2) is 76.6 Å². The summed E-state index contributed by atoms with van der Waals surface area (Å²) in [5, 5.41) is 3.96. The minimum absolute atomic E-state index is 0.269. The number of amides is 1. The van der Waals surface area contributed by atoms with E-state index in [2.05, 4.69) is 19.9 Å². The van der Waals surface area contributed by atoms with E-state index in [1.54, 1.807) is 12.3 Å². The molecule has 0 saturated carbocycles. The number of hydrogen-bond acceptors (Lipinski definition) is 7. The van der Waals surface area contributed by atoms with Crippen molar-refractivity contribution < 1.29 is 13.7 Å². The summed E-state index contributed by atoms with van der Waals surface area (Å²) in [5.41, 5.74) is 0. The average molecular weight is 345 g/mol. The van der Waals surface area contributed by atoms with Crippen LogP contribution in [0.25, 0.3) is 11.6 Å². The first kappa shape index (κ1) is 16.3. The Morgan fingerprint density at radius 1 is 1.08 bits per heavy atom. The molecule has 2 fully saturated rings. The molecule has 0 radical (unpaired) electrons. The summed E-state index contributed by atoms with van der Waals surface area (Å²) in [6, 6.07) is 3.61. The molecular formula is C17H23N5O3. The molecule has 2 aliphatic rings. The number of carbonyl (C=O) groups excluding carboxylic acids is 1. The van der Waals surface area contributed by atoms with Crippen LogP contribution < -0.4 is 0 Å². The van der Waals surface area contributed by atoms with Crippen LogP contribution in [0.1, 0.15) is 18.7 Å². The van der Waals surface area contributed by atoms with Gasteiger partial charge in [0.2, 0.25) is 17.6 Å². The lowest BCUT2D eigenvalue weighted by atomic mass is 10.3. The molecule has 2 aromatic rings. The Kier molecular flexibility index (Phi) is 4.80. The standard InChI is InChI=1S/C17H23N5O3/c23-16(22-5-1-2-6-22)13-21-9-7-20(8-10-21)12-15-18-17(19-25-15)14-4-3-11-24-14/h3-4,11H,1-2,5-10,12-13H2. The predicted octanol–water partition coefficient (Wildman–Crippen LogP) is 1.07. The van der Waals surface area contributed by atoms with Gasteiger partial charge in [-0.25, -0.2) is 0 Å². The molecule has 1 amide bonds. The van der Waals surface area contributed by atoms with Gasteiger partial charge in [0.15, 0.2) is 5.76 Å². The van der Waals surface area contributed by atoms with Gasteiger partial charge in [0.25, 0.3) is 0 Å². The molecule has 0 unspecified atom stereocenters. The quantitative estimate of drug-likeness (QED) is 0.802. The van der Waals surface area contributed by atoms with E-state index in [0.29, 0.717) is 30.6 Å². The zero-order valence-corrected chi connectivity index (χ0v) is 14.3. The van der Waals surface area contributed by atoms with Crippen molar-refractivity contribution in [1.82, 2.24) is 24.8 Å². The van der Waals surface area contributed by atoms with Crippen LogP contribution in [0, 0.1) is 0 Å². The highest BCUT2D eigenvalue weighted by Gasteiger charge is 2.24. The van der Waals surface area contributed by atoms with E-state index in [1.807, 2.05) is 11.0 Å². The zero-order valence-electron chi connectivity index (χ0n) is 14.3. The van der Waals surface area contributed by atoms with Crippen LogP contribution in [0.5, 0.6) is 0 Å². The molecule has 4 heterocycles. The molecule has 2 aromatic heterocycles. The second-order valence-electron chi connectivity index (χ2n) is 6.63. The van der Waals surface area contributed by atoms with Crippen molar-refractivity contribution in [1.29, 1.82) is 0 Å². The molecular weight excluding hydrogens is 322 g/mol. The van der Waals surface area contributed by atoms with Gasteiger partial charge >= 0.3 is 0 Å². The molecule has 25 heavy (non-hydrogen) atoms. The maximum absolute atomic E-state index is 12.2. The molecule has 0 spiro atoms. The summed E-state index contributed by atoms with van der Waals surface area (Å²) in [6.07, 6.45) is 3.88. The highest BCUT2D eigenvalue weighted by atomic mass is 16.5. The Bertz CT molecular complexity index is 685. The van der Waals surface area contributed by atoms with Crippen LogP contribution in [-0.2, 0) is 11.3 Å². The van der Waals surface area contributed by atoms with E-state index >= 15 is 0 Å². The number of nitrogens with zero attached hydrogens (tertiary/aromatic N) is 5. The first-order valence-electron chi connectivity index (χ1n) is 8.87. The average Bonchev–Trinajstić information content (AvgIpc) is 3.38. The zero-order chi connectivity index (χ0) is 17.1. The van der Waals surface area contributed by atoms with Gasteiger partial charge in [-0.15, -0.1) is 0 Å². The van der Waals surface area contributed by atoms with E-state index in [0.717, 1.165) is 52.1 Å². The lowest BCUT2D eigenvalue weighted by Gasteiger charge is -2.34. The van der Waals surface area contributed by atoms with Crippen molar-refractivity contribution >= 4 is 5.91 Å². The van der Waals surface area contributed by atoms with Gasteiger partial charge in [-0.1, -0.05) is 5.16 Å². The number of piperazine rings is 1. The van der Waals surface area contributed by atoms with Gasteiger partial charge in [-0.3, -0.25) is 14.6 Å². The number of carbonyl (C=O) groups is 1. The minimum Gasteiger partial charge on any atom is -0.461 e. The van der Waals surface area contributed by atoms with Crippen molar-refractivity contribution in [2.24, 2.45) is 0 Å². The molecule has 2 saturated heterocycles. The Hall–Kier alpha value is -2.19. The lowest BCUT2D eigenvalue weighted by molar-refractivity contribution is -0.131. The smallest absolute Gasteiger partial charge is 0.241 e. The monoisotopic (exact) mass is 345 g/mol. The maximum atomic E-state index is 12.2. The molecule has 0 N–H and O–H groups in total. The number of likely N-dealkylation sites (tertiary alicyclic amines) is 1. The maximum Gasteiger partial charge on any atom is 0.241 e. The summed E-state index contributed by atoms with van der Waals surface area (Å²) >= 11 is 0. The molecule has 134 valence electrons. The number of hydrogen-bond donors (Lipinski definition) is 0. The van der Waals surface area contributed by atoms with E-state index < -0.39 is 0 Å². The Labute approximate surface area is 146 Å². The fourth-order valence-corrected chi connectivity index (χ4v) is 3.38. The van der Waals surface area contributed by atoms with Crippen molar-refractivity contribution in [3.63, 3.8) is 0 Å². The molecule has 8 nitrogen and oxygen atoms in total. The lowest BCUT2D eigenvalue weighted by Crippen LogP contribution is -2.49. The first-order chi connectivity index (χ1) is 12.3. The predicted molar refractivity (Wildman–Crippen MR) is 89.5 cm³/mol. The Balaban J connectivity index is 1.24. The first-order valence-corrected chi connectivity index (χ1v) is 8.87. The number of aromatic nitrogens is 2. The number of rotatable bonds is 5. The minimum atomic E-state index is 0.269. The SMILES string of the molecule is O=C(CN1CCN(Cc2nc(-c3ccco3)no2)CC1)N1CCCC1. The van der Waals surface area contributed by atoms with Crippen LogP contribution in [0.2, 0.25) is 0 Å². The van der Waals surface area contributed by atoms with Gasteiger partial charge in [-0.2, -0.15) is 4.98 Å². The van der Waals surface area contributed by atoms with Gasteiger partial charge in [0, 0.05) is 39.3 Å². The molecule has 0 aromatic carbocycles. The summed E-state index contributed by atoms with van der Waals surface area (Å²) in [7, 11) is 0. The largest absolute Gasteiger partial charge is 0.461 e. The van der Waals surface area contributed by atoms with Crippen LogP contribution in [0.3, 0.4) is 0 Å². The molecule has 0 atom stereocenters.